The number of aryl methyl sites for hydroxylation is 2. The van der Waals surface area contributed by atoms with Crippen molar-refractivity contribution in [3.8, 4) is 11.1 Å². The van der Waals surface area contributed by atoms with Crippen molar-refractivity contribution in [3.05, 3.63) is 136 Å². The van der Waals surface area contributed by atoms with Crippen LogP contribution in [-0.2, 0) is 16.1 Å². The molecule has 0 saturated carbocycles. The van der Waals surface area contributed by atoms with Gasteiger partial charge in [-0.2, -0.15) is 0 Å². The van der Waals surface area contributed by atoms with Gasteiger partial charge >= 0.3 is 6.09 Å². The predicted octanol–water partition coefficient (Wildman–Crippen LogP) is 8.07. The Balaban J connectivity index is 1.16. The number of halogens is 1. The van der Waals surface area contributed by atoms with Crippen LogP contribution in [0.15, 0.2) is 104 Å². The molecule has 4 aromatic carbocycles. The van der Waals surface area contributed by atoms with Gasteiger partial charge in [-0.3, -0.25) is 9.69 Å². The molecule has 11 heteroatoms. The topological polar surface area (TPSA) is 107 Å². The number of nitrogens with one attached hydrogen (secondary N) is 1. The van der Waals surface area contributed by atoms with Gasteiger partial charge in [0, 0.05) is 18.0 Å². The molecule has 52 heavy (non-hydrogen) atoms. The van der Waals surface area contributed by atoms with E-state index in [1.807, 2.05) is 87.9 Å². The molecule has 0 spiro atoms. The van der Waals surface area contributed by atoms with Crippen LogP contribution in [-0.4, -0.2) is 59.6 Å². The average molecular weight is 716 g/mol. The van der Waals surface area contributed by atoms with Crippen LogP contribution in [0.5, 0.6) is 0 Å². The first-order valence-electron chi connectivity index (χ1n) is 17.5. The summed E-state index contributed by atoms with van der Waals surface area (Å²) in [4.78, 5) is 34.2. The summed E-state index contributed by atoms with van der Waals surface area (Å²) in [6.07, 6.45) is 3.48. The quantitative estimate of drug-likeness (QED) is 0.171. The summed E-state index contributed by atoms with van der Waals surface area (Å²) < 4.78 is 9.62. The Bertz CT molecular complexity index is 2220. The van der Waals surface area contributed by atoms with Gasteiger partial charge in [0.25, 0.3) is 0 Å². The molecule has 6 aromatic rings. The lowest BCUT2D eigenvalue weighted by Gasteiger charge is -2.29. The fourth-order valence-corrected chi connectivity index (χ4v) is 6.86. The molecule has 2 amide bonds. The third-order valence-electron chi connectivity index (χ3n) is 9.53. The van der Waals surface area contributed by atoms with E-state index in [2.05, 4.69) is 75.4 Å². The first-order chi connectivity index (χ1) is 24.9. The lowest BCUT2D eigenvalue weighted by atomic mass is 9.94. The van der Waals surface area contributed by atoms with E-state index < -0.39 is 23.8 Å². The van der Waals surface area contributed by atoms with Crippen LogP contribution in [0.2, 0.25) is 5.02 Å². The zero-order valence-corrected chi connectivity index (χ0v) is 30.7. The van der Waals surface area contributed by atoms with Crippen molar-refractivity contribution in [1.82, 2.24) is 34.8 Å². The molecule has 0 bridgehead atoms. The van der Waals surface area contributed by atoms with Crippen LogP contribution in [0.4, 0.5) is 4.79 Å². The first-order valence-corrected chi connectivity index (χ1v) is 17.8. The minimum Gasteiger partial charge on any atom is -0.444 e. The largest absolute Gasteiger partial charge is 0.444 e. The molecule has 0 radical (unpaired) electrons. The number of imidazole rings is 1. The van der Waals surface area contributed by atoms with E-state index in [-0.39, 0.29) is 18.5 Å². The number of amides is 2. The Morgan fingerprint density at radius 1 is 0.923 bits per heavy atom. The Kier molecular flexibility index (Phi) is 9.59. The molecule has 1 N–H and O–H groups in total. The number of benzene rings is 4. The minimum atomic E-state index is -0.816. The maximum atomic E-state index is 14.4. The monoisotopic (exact) mass is 715 g/mol. The van der Waals surface area contributed by atoms with Crippen molar-refractivity contribution in [1.29, 1.82) is 0 Å². The number of fused-ring (bicyclic) bond motifs is 1. The van der Waals surface area contributed by atoms with Gasteiger partial charge in [-0.15, -0.1) is 5.10 Å². The van der Waals surface area contributed by atoms with Crippen LogP contribution < -0.4 is 5.32 Å². The number of nitrogens with zero attached hydrogens (tertiary/aromatic N) is 6. The number of carbonyl (C=O) groups excluding carboxylic acids is 2. The summed E-state index contributed by atoms with van der Waals surface area (Å²) in [5.74, 6) is -0.297. The number of hydrogen-bond acceptors (Lipinski definition) is 6. The maximum absolute atomic E-state index is 14.4. The Morgan fingerprint density at radius 2 is 1.65 bits per heavy atom. The highest BCUT2D eigenvalue weighted by molar-refractivity contribution is 6.30. The third kappa shape index (κ3) is 7.57. The number of likely N-dealkylation sites (tertiary alicyclic amines) is 1. The van der Waals surface area contributed by atoms with Crippen LogP contribution in [0.25, 0.3) is 22.2 Å². The van der Waals surface area contributed by atoms with Gasteiger partial charge in [-0.25, -0.2) is 14.5 Å². The van der Waals surface area contributed by atoms with Crippen LogP contribution in [0, 0.1) is 13.8 Å². The van der Waals surface area contributed by atoms with Gasteiger partial charge in [0.2, 0.25) is 5.91 Å². The van der Waals surface area contributed by atoms with Gasteiger partial charge < -0.3 is 14.6 Å². The summed E-state index contributed by atoms with van der Waals surface area (Å²) in [6.45, 7) is 10.3. The molecule has 266 valence electrons. The Hall–Kier alpha value is -5.48. The fraction of sp³-hybridized carbons (Fsp3) is 0.293. The van der Waals surface area contributed by atoms with Gasteiger partial charge in [0.1, 0.15) is 17.3 Å². The van der Waals surface area contributed by atoms with Crippen molar-refractivity contribution in [3.63, 3.8) is 0 Å². The smallest absolute Gasteiger partial charge is 0.411 e. The predicted molar refractivity (Wildman–Crippen MR) is 202 cm³/mol. The lowest BCUT2D eigenvalue weighted by Crippen LogP contribution is -2.48. The molecule has 7 rings (SSSR count). The number of aromatic nitrogens is 5. The summed E-state index contributed by atoms with van der Waals surface area (Å²) in [5, 5.41) is 12.8. The van der Waals surface area contributed by atoms with Crippen LogP contribution >= 0.6 is 11.6 Å². The molecule has 1 saturated heterocycles. The maximum Gasteiger partial charge on any atom is 0.411 e. The van der Waals surface area contributed by atoms with Crippen molar-refractivity contribution in [2.45, 2.75) is 71.3 Å². The first kappa shape index (κ1) is 34.9. The minimum absolute atomic E-state index is 0.234. The fourth-order valence-electron chi connectivity index (χ4n) is 6.74. The Labute approximate surface area is 308 Å². The number of ether oxygens (including phenoxy) is 1. The van der Waals surface area contributed by atoms with E-state index in [0.29, 0.717) is 18.0 Å². The van der Waals surface area contributed by atoms with E-state index >= 15 is 0 Å². The Morgan fingerprint density at radius 3 is 2.40 bits per heavy atom. The lowest BCUT2D eigenvalue weighted by molar-refractivity contribution is -0.126. The summed E-state index contributed by atoms with van der Waals surface area (Å²) >= 11 is 6.27. The van der Waals surface area contributed by atoms with E-state index in [1.54, 1.807) is 4.68 Å². The van der Waals surface area contributed by atoms with E-state index in [4.69, 9.17) is 16.3 Å². The molecular weight excluding hydrogens is 674 g/mol. The third-order valence-corrected chi connectivity index (χ3v) is 9.78. The zero-order valence-electron chi connectivity index (χ0n) is 30.0. The van der Waals surface area contributed by atoms with Crippen molar-refractivity contribution >= 4 is 34.6 Å². The highest BCUT2D eigenvalue weighted by atomic mass is 35.5. The SMILES string of the molecule is Cc1cc2ncn(Cc3cn(C4C[C@@H](C(=O)NC(c5ccc(Cl)cc5)c5cccc(-c6ccccc6)c5)N(C(=O)OC(C)(C)C)C4)nn3)c2cc1C. The van der Waals surface area contributed by atoms with Gasteiger partial charge in [-0.1, -0.05) is 77.5 Å². The molecule has 2 unspecified atom stereocenters. The number of hydrogen-bond donors (Lipinski definition) is 1. The van der Waals surface area contributed by atoms with Crippen molar-refractivity contribution in [2.75, 3.05) is 6.54 Å². The van der Waals surface area contributed by atoms with Gasteiger partial charge in [0.05, 0.1) is 42.2 Å². The highest BCUT2D eigenvalue weighted by Crippen LogP contribution is 2.32. The number of rotatable bonds is 8. The molecule has 1 fully saturated rings. The second kappa shape index (κ2) is 14.3. The second-order valence-corrected chi connectivity index (χ2v) is 14.9. The standard InChI is InChI=1S/C41H42ClN7O3/c1-26-18-35-36(19-27(26)2)47(25-43-35)22-33-23-49(46-45-33)34-21-37(48(24-34)40(51)52-41(3,4)5)39(50)44-38(29-14-16-32(42)17-15-29)31-13-9-12-30(20-31)28-10-7-6-8-11-28/h6-20,23,25,34,37-38H,21-22,24H2,1-5H3,(H,44,50)/t34?,37-,38?/m0/s1. The molecule has 1 aliphatic rings. The van der Waals surface area contributed by atoms with Gasteiger partial charge in [-0.05, 0) is 98.3 Å². The van der Waals surface area contributed by atoms with Crippen molar-refractivity contribution < 1.29 is 14.3 Å². The average Bonchev–Trinajstić information content (AvgIpc) is 3.87. The van der Waals surface area contributed by atoms with E-state index in [1.165, 1.54) is 16.0 Å². The molecule has 2 aromatic heterocycles. The zero-order chi connectivity index (χ0) is 36.6. The van der Waals surface area contributed by atoms with E-state index in [0.717, 1.165) is 39.0 Å². The van der Waals surface area contributed by atoms with Crippen LogP contribution in [0.1, 0.15) is 67.2 Å². The molecule has 10 nitrogen and oxygen atoms in total. The molecule has 3 heterocycles. The normalized spacial score (nSPS) is 16.6. The summed E-state index contributed by atoms with van der Waals surface area (Å²) in [5.41, 5.74) is 8.19. The summed E-state index contributed by atoms with van der Waals surface area (Å²) in [7, 11) is 0. The molecule has 1 aliphatic heterocycles. The van der Waals surface area contributed by atoms with Crippen molar-refractivity contribution in [2.24, 2.45) is 0 Å². The number of carbonyl (C=O) groups is 2. The highest BCUT2D eigenvalue weighted by Gasteiger charge is 2.43. The summed E-state index contributed by atoms with van der Waals surface area (Å²) in [6, 6.07) is 28.3. The van der Waals surface area contributed by atoms with E-state index in [9.17, 15) is 9.59 Å². The molecule has 3 atom stereocenters. The molecular formula is C41H42ClN7O3. The second-order valence-electron chi connectivity index (χ2n) is 14.5. The molecule has 0 aliphatic carbocycles. The van der Waals surface area contributed by atoms with Gasteiger partial charge in [0.15, 0.2) is 0 Å². The van der Waals surface area contributed by atoms with Crippen LogP contribution in [0.3, 0.4) is 0 Å².